The summed E-state index contributed by atoms with van der Waals surface area (Å²) in [4.78, 5) is 7.61. The average Bonchev–Trinajstić information content (AvgIpc) is 2.69. The number of aliphatic imine (C=N–C) groups is 1. The fraction of sp³-hybridized carbons (Fsp3) is 0.458. The Kier molecular flexibility index (Phi) is 7.21. The Balaban J connectivity index is 1.94. The van der Waals surface area contributed by atoms with E-state index in [1.54, 1.807) is 0 Å². The first-order valence-corrected chi connectivity index (χ1v) is 10.5. The molecule has 1 aliphatic heterocycles. The predicted octanol–water partition coefficient (Wildman–Crippen LogP) is 5.26. The molecule has 1 aliphatic rings. The minimum Gasteiger partial charge on any atom is -0.353 e. The number of hydrogen-bond donors (Lipinski definition) is 1. The van der Waals surface area contributed by atoms with E-state index < -0.39 is 0 Å². The van der Waals surface area contributed by atoms with Crippen molar-refractivity contribution in [2.45, 2.75) is 58.7 Å². The third kappa shape index (κ3) is 5.20. The monoisotopic (exact) mass is 381 g/mol. The van der Waals surface area contributed by atoms with Crippen molar-refractivity contribution in [3.63, 3.8) is 0 Å². The van der Waals surface area contributed by atoms with Crippen molar-refractivity contribution in [1.29, 1.82) is 0 Å². The van der Waals surface area contributed by atoms with Gasteiger partial charge in [0.25, 0.3) is 0 Å². The molecule has 2 aromatic carbocycles. The summed E-state index contributed by atoms with van der Waals surface area (Å²) < 4.78 is 13.5. The van der Waals surface area contributed by atoms with Gasteiger partial charge in [0.15, 0.2) is 0 Å². The number of piperazine rings is 1. The second kappa shape index (κ2) is 9.83. The third-order valence-corrected chi connectivity index (χ3v) is 5.38. The smallest absolute Gasteiger partial charge is 0.123 e. The highest BCUT2D eigenvalue weighted by Crippen LogP contribution is 2.24. The van der Waals surface area contributed by atoms with Crippen LogP contribution in [0.4, 0.5) is 4.39 Å². The van der Waals surface area contributed by atoms with E-state index in [4.69, 9.17) is 4.99 Å². The zero-order chi connectivity index (χ0) is 19.9. The second-order valence-corrected chi connectivity index (χ2v) is 7.69. The summed E-state index contributed by atoms with van der Waals surface area (Å²) in [5, 5.41) is 3.61. The van der Waals surface area contributed by atoms with E-state index in [1.807, 2.05) is 12.1 Å². The van der Waals surface area contributed by atoms with E-state index in [9.17, 15) is 4.39 Å². The fourth-order valence-corrected chi connectivity index (χ4v) is 3.88. The van der Waals surface area contributed by atoms with Gasteiger partial charge in [-0.25, -0.2) is 4.39 Å². The van der Waals surface area contributed by atoms with Crippen molar-refractivity contribution >= 4 is 5.84 Å². The van der Waals surface area contributed by atoms with Crippen molar-refractivity contribution in [3.8, 4) is 0 Å². The highest BCUT2D eigenvalue weighted by Gasteiger charge is 2.28. The molecule has 0 bridgehead atoms. The number of nitrogens with zero attached hydrogens (tertiary/aromatic N) is 2. The molecule has 0 aromatic heterocycles. The van der Waals surface area contributed by atoms with Crippen LogP contribution >= 0.6 is 0 Å². The zero-order valence-electron chi connectivity index (χ0n) is 17.3. The van der Waals surface area contributed by atoms with Gasteiger partial charge in [-0.05, 0) is 43.0 Å². The molecule has 0 aliphatic carbocycles. The molecule has 4 heteroatoms. The first-order valence-electron chi connectivity index (χ1n) is 10.5. The molecule has 150 valence electrons. The molecule has 3 rings (SSSR count). The zero-order valence-corrected chi connectivity index (χ0v) is 17.3. The van der Waals surface area contributed by atoms with Crippen LogP contribution in [0.1, 0.15) is 55.8 Å². The molecular weight excluding hydrogens is 349 g/mol. The van der Waals surface area contributed by atoms with E-state index in [1.165, 1.54) is 23.3 Å². The molecule has 0 amide bonds. The maximum absolute atomic E-state index is 13.5. The number of aryl methyl sites for hydroxylation is 1. The van der Waals surface area contributed by atoms with Crippen molar-refractivity contribution in [2.24, 2.45) is 4.99 Å². The van der Waals surface area contributed by atoms with Gasteiger partial charge in [0.2, 0.25) is 0 Å². The summed E-state index contributed by atoms with van der Waals surface area (Å²) in [5.74, 6) is 0.881. The van der Waals surface area contributed by atoms with Crippen LogP contribution in [0, 0.1) is 12.7 Å². The molecule has 0 radical (unpaired) electrons. The fourth-order valence-electron chi connectivity index (χ4n) is 3.88. The Morgan fingerprint density at radius 1 is 1.18 bits per heavy atom. The molecule has 2 atom stereocenters. The number of benzene rings is 2. The highest BCUT2D eigenvalue weighted by molar-refractivity contribution is 5.89. The molecular formula is C24H32FN3. The second-order valence-electron chi connectivity index (χ2n) is 7.69. The van der Waals surface area contributed by atoms with Crippen molar-refractivity contribution in [3.05, 3.63) is 71.0 Å². The lowest BCUT2D eigenvalue weighted by molar-refractivity contribution is 0.340. The normalized spacial score (nSPS) is 19.8. The number of halogens is 1. The topological polar surface area (TPSA) is 27.6 Å². The standard InChI is InChI=1S/C24H32FN3/c1-4-7-22(5-2)27-24-23(20-10-12-21(25)13-11-20)26-14-15-28(24)17-19-9-6-8-18(3)16-19/h6,8-13,16,22-23,26H,4-5,7,14-15,17H2,1-3H3. The summed E-state index contributed by atoms with van der Waals surface area (Å²) >= 11 is 0. The van der Waals surface area contributed by atoms with E-state index in [0.29, 0.717) is 6.04 Å². The largest absolute Gasteiger partial charge is 0.353 e. The van der Waals surface area contributed by atoms with Gasteiger partial charge in [0, 0.05) is 19.6 Å². The van der Waals surface area contributed by atoms with Gasteiger partial charge in [-0.15, -0.1) is 0 Å². The van der Waals surface area contributed by atoms with Gasteiger partial charge in [-0.1, -0.05) is 62.2 Å². The number of hydrogen-bond acceptors (Lipinski definition) is 2. The first kappa shape index (κ1) is 20.5. The Hall–Kier alpha value is -2.20. The van der Waals surface area contributed by atoms with Gasteiger partial charge in [0.1, 0.15) is 11.7 Å². The molecule has 1 heterocycles. The summed E-state index contributed by atoms with van der Waals surface area (Å²) in [5.41, 5.74) is 3.65. The van der Waals surface area contributed by atoms with Crippen LogP contribution in [0.15, 0.2) is 53.5 Å². The average molecular weight is 382 g/mol. The number of amidine groups is 1. The van der Waals surface area contributed by atoms with Crippen LogP contribution in [-0.4, -0.2) is 29.9 Å². The molecule has 2 unspecified atom stereocenters. The van der Waals surface area contributed by atoms with Crippen molar-refractivity contribution < 1.29 is 4.39 Å². The summed E-state index contributed by atoms with van der Waals surface area (Å²) in [6.45, 7) is 9.21. The molecule has 0 saturated carbocycles. The molecule has 1 saturated heterocycles. The van der Waals surface area contributed by atoms with Gasteiger partial charge < -0.3 is 10.2 Å². The number of nitrogens with one attached hydrogen (secondary N) is 1. The molecule has 1 fully saturated rings. The Morgan fingerprint density at radius 2 is 1.96 bits per heavy atom. The Bertz CT molecular complexity index is 785. The van der Waals surface area contributed by atoms with Crippen LogP contribution in [-0.2, 0) is 6.54 Å². The molecule has 1 N–H and O–H groups in total. The van der Waals surface area contributed by atoms with Crippen LogP contribution in [0.3, 0.4) is 0 Å². The quantitative estimate of drug-likeness (QED) is 0.709. The predicted molar refractivity (Wildman–Crippen MR) is 115 cm³/mol. The van der Waals surface area contributed by atoms with E-state index in [-0.39, 0.29) is 11.9 Å². The van der Waals surface area contributed by atoms with Crippen LogP contribution in [0.5, 0.6) is 0 Å². The van der Waals surface area contributed by atoms with Gasteiger partial charge in [-0.2, -0.15) is 0 Å². The summed E-state index contributed by atoms with van der Waals surface area (Å²) in [6.07, 6.45) is 3.25. The van der Waals surface area contributed by atoms with Crippen molar-refractivity contribution in [1.82, 2.24) is 10.2 Å². The third-order valence-electron chi connectivity index (χ3n) is 5.38. The maximum Gasteiger partial charge on any atom is 0.123 e. The lowest BCUT2D eigenvalue weighted by Crippen LogP contribution is -2.50. The minimum atomic E-state index is -0.202. The maximum atomic E-state index is 13.5. The Labute approximate surface area is 168 Å². The van der Waals surface area contributed by atoms with Crippen LogP contribution in [0.2, 0.25) is 0 Å². The van der Waals surface area contributed by atoms with Crippen molar-refractivity contribution in [2.75, 3.05) is 13.1 Å². The number of rotatable bonds is 7. The van der Waals surface area contributed by atoms with Gasteiger partial charge in [0.05, 0.1) is 12.1 Å². The molecule has 2 aromatic rings. The van der Waals surface area contributed by atoms with Crippen LogP contribution < -0.4 is 5.32 Å². The molecule has 3 nitrogen and oxygen atoms in total. The lowest BCUT2D eigenvalue weighted by Gasteiger charge is -2.38. The Morgan fingerprint density at radius 3 is 2.64 bits per heavy atom. The van der Waals surface area contributed by atoms with E-state index in [2.05, 4.69) is 55.3 Å². The first-order chi connectivity index (χ1) is 13.6. The van der Waals surface area contributed by atoms with Crippen LogP contribution in [0.25, 0.3) is 0 Å². The van der Waals surface area contributed by atoms with E-state index >= 15 is 0 Å². The summed E-state index contributed by atoms with van der Waals surface area (Å²) in [6, 6.07) is 15.8. The molecule has 28 heavy (non-hydrogen) atoms. The molecule has 0 spiro atoms. The minimum absolute atomic E-state index is 0.00469. The summed E-state index contributed by atoms with van der Waals surface area (Å²) in [7, 11) is 0. The SMILES string of the molecule is CCCC(CC)N=C1C(c2ccc(F)cc2)NCCN1Cc1cccc(C)c1. The lowest BCUT2D eigenvalue weighted by atomic mass is 10.0. The highest BCUT2D eigenvalue weighted by atomic mass is 19.1. The van der Waals surface area contributed by atoms with E-state index in [0.717, 1.165) is 50.3 Å². The van der Waals surface area contributed by atoms with Gasteiger partial charge in [-0.3, -0.25) is 4.99 Å². The van der Waals surface area contributed by atoms with Gasteiger partial charge >= 0.3 is 0 Å².